The summed E-state index contributed by atoms with van der Waals surface area (Å²) < 4.78 is 60.1. The summed E-state index contributed by atoms with van der Waals surface area (Å²) in [6.45, 7) is 2.85. The van der Waals surface area contributed by atoms with Crippen molar-refractivity contribution in [3.05, 3.63) is 64.7 Å². The van der Waals surface area contributed by atoms with E-state index in [2.05, 4.69) is 5.32 Å². The first-order chi connectivity index (χ1) is 13.9. The fourth-order valence-electron chi connectivity index (χ4n) is 3.24. The van der Waals surface area contributed by atoms with Crippen LogP contribution in [-0.2, 0) is 21.3 Å². The molecule has 0 fully saturated rings. The van der Waals surface area contributed by atoms with Crippen molar-refractivity contribution in [3.63, 3.8) is 0 Å². The summed E-state index contributed by atoms with van der Waals surface area (Å²) in [5.74, 6) is -2.25. The van der Waals surface area contributed by atoms with Crippen LogP contribution in [0.2, 0.25) is 0 Å². The summed E-state index contributed by atoms with van der Waals surface area (Å²) in [5, 5.41) is 23.4. The molecule has 0 aliphatic rings. The molecule has 1 amide bonds. The van der Waals surface area contributed by atoms with Gasteiger partial charge < -0.3 is 15.5 Å². The largest absolute Gasteiger partial charge is 0.393 e. The highest BCUT2D eigenvalue weighted by atomic mass is 32.2. The quantitative estimate of drug-likeness (QED) is 0.463. The number of aryl methyl sites for hydroxylation is 1. The first-order valence-corrected chi connectivity index (χ1v) is 10.5. The molecular weight excluding hydrogens is 420 g/mol. The van der Waals surface area contributed by atoms with Gasteiger partial charge in [0.25, 0.3) is 10.1 Å². The maximum atomic E-state index is 14.0. The number of rotatable bonds is 8. The highest BCUT2D eigenvalue weighted by Gasteiger charge is 2.28. The zero-order valence-corrected chi connectivity index (χ0v) is 17.2. The Hall–Kier alpha value is -2.40. The number of aliphatic hydroxyl groups is 2. The maximum absolute atomic E-state index is 14.0. The van der Waals surface area contributed by atoms with E-state index in [9.17, 15) is 36.8 Å². The van der Waals surface area contributed by atoms with Crippen molar-refractivity contribution in [3.8, 4) is 0 Å². The van der Waals surface area contributed by atoms with Crippen LogP contribution in [0.15, 0.2) is 41.3 Å². The lowest BCUT2D eigenvalue weighted by atomic mass is 9.94. The molecule has 0 heterocycles. The van der Waals surface area contributed by atoms with Crippen molar-refractivity contribution in [1.82, 2.24) is 5.32 Å². The van der Waals surface area contributed by atoms with Gasteiger partial charge in [0.2, 0.25) is 5.91 Å². The summed E-state index contributed by atoms with van der Waals surface area (Å²) in [4.78, 5) is 11.2. The molecule has 0 aromatic heterocycles. The van der Waals surface area contributed by atoms with Gasteiger partial charge in [0.15, 0.2) is 0 Å². The molecule has 2 aromatic carbocycles. The topological polar surface area (TPSA) is 124 Å². The highest BCUT2D eigenvalue weighted by molar-refractivity contribution is 7.85. The normalized spacial score (nSPS) is 14.8. The van der Waals surface area contributed by atoms with E-state index in [0.717, 1.165) is 25.1 Å². The molecule has 0 radical (unpaired) electrons. The van der Waals surface area contributed by atoms with Gasteiger partial charge in [-0.2, -0.15) is 8.42 Å². The number of halogens is 2. The average Bonchev–Trinajstić information content (AvgIpc) is 2.61. The van der Waals surface area contributed by atoms with Gasteiger partial charge in [0.05, 0.1) is 17.0 Å². The Balaban J connectivity index is 2.28. The molecule has 10 heteroatoms. The van der Waals surface area contributed by atoms with E-state index in [0.29, 0.717) is 5.56 Å². The van der Waals surface area contributed by atoms with Crippen LogP contribution in [0.5, 0.6) is 0 Å². The van der Waals surface area contributed by atoms with Gasteiger partial charge in [-0.15, -0.1) is 0 Å². The monoisotopic (exact) mass is 443 g/mol. The smallest absolute Gasteiger partial charge is 0.294 e. The number of carbonyl (C=O) groups is 1. The third-order valence-corrected chi connectivity index (χ3v) is 5.48. The van der Waals surface area contributed by atoms with Crippen LogP contribution >= 0.6 is 0 Å². The summed E-state index contributed by atoms with van der Waals surface area (Å²) in [6.07, 6.45) is -3.48. The SMILES string of the molecule is CC(=O)N[C@@H](C[C@@H](O)Cc1cc(C)ccc1S(=O)(=O)O)[C@H](O)c1cc(F)ccc1F. The molecule has 4 N–H and O–H groups in total. The lowest BCUT2D eigenvalue weighted by Crippen LogP contribution is -2.41. The molecule has 164 valence electrons. The Morgan fingerprint density at radius 1 is 1.13 bits per heavy atom. The average molecular weight is 443 g/mol. The van der Waals surface area contributed by atoms with Crippen LogP contribution in [0.3, 0.4) is 0 Å². The highest BCUT2D eigenvalue weighted by Crippen LogP contribution is 2.26. The molecule has 0 aliphatic heterocycles. The number of amides is 1. The Bertz CT molecular complexity index is 1030. The second-order valence-electron chi connectivity index (χ2n) is 7.10. The molecule has 3 atom stereocenters. The second-order valence-corrected chi connectivity index (χ2v) is 8.49. The van der Waals surface area contributed by atoms with Gasteiger partial charge in [-0.1, -0.05) is 17.7 Å². The number of carbonyl (C=O) groups excluding carboxylic acids is 1. The molecule has 0 bridgehead atoms. The zero-order chi connectivity index (χ0) is 22.6. The van der Waals surface area contributed by atoms with Gasteiger partial charge in [-0.05, 0) is 49.6 Å². The molecule has 2 aromatic rings. The molecule has 2 rings (SSSR count). The molecule has 7 nitrogen and oxygen atoms in total. The predicted octanol–water partition coefficient (Wildman–Crippen LogP) is 2.05. The third-order valence-electron chi connectivity index (χ3n) is 4.52. The van der Waals surface area contributed by atoms with E-state index in [-0.39, 0.29) is 23.3 Å². The number of hydrogen-bond acceptors (Lipinski definition) is 5. The molecule has 0 aliphatic carbocycles. The lowest BCUT2D eigenvalue weighted by molar-refractivity contribution is -0.120. The van der Waals surface area contributed by atoms with Gasteiger partial charge in [-0.25, -0.2) is 8.78 Å². The number of benzene rings is 2. The molecule has 0 spiro atoms. The Morgan fingerprint density at radius 3 is 2.40 bits per heavy atom. The van der Waals surface area contributed by atoms with E-state index in [1.807, 2.05) is 0 Å². The van der Waals surface area contributed by atoms with Crippen molar-refractivity contribution in [2.24, 2.45) is 0 Å². The maximum Gasteiger partial charge on any atom is 0.294 e. The second kappa shape index (κ2) is 9.61. The van der Waals surface area contributed by atoms with E-state index in [4.69, 9.17) is 0 Å². The number of aliphatic hydroxyl groups excluding tert-OH is 2. The number of nitrogens with one attached hydrogen (secondary N) is 1. The molecular formula is C20H23F2NO6S. The molecule has 0 saturated carbocycles. The predicted molar refractivity (Wildman–Crippen MR) is 104 cm³/mol. The molecule has 0 saturated heterocycles. The van der Waals surface area contributed by atoms with E-state index >= 15 is 0 Å². The fourth-order valence-corrected chi connectivity index (χ4v) is 3.95. The van der Waals surface area contributed by atoms with Gasteiger partial charge in [-0.3, -0.25) is 9.35 Å². The van der Waals surface area contributed by atoms with Crippen LogP contribution in [-0.4, -0.2) is 41.2 Å². The molecule has 0 unspecified atom stereocenters. The first kappa shape index (κ1) is 23.9. The van der Waals surface area contributed by atoms with Crippen molar-refractivity contribution in [1.29, 1.82) is 0 Å². The zero-order valence-electron chi connectivity index (χ0n) is 16.3. The summed E-state index contributed by atoms with van der Waals surface area (Å²) in [6, 6.07) is 5.47. The minimum absolute atomic E-state index is 0.137. The van der Waals surface area contributed by atoms with E-state index < -0.39 is 51.5 Å². The van der Waals surface area contributed by atoms with E-state index in [1.165, 1.54) is 18.2 Å². The van der Waals surface area contributed by atoms with Crippen molar-refractivity contribution in [2.45, 2.75) is 49.8 Å². The number of hydrogen-bond donors (Lipinski definition) is 4. The van der Waals surface area contributed by atoms with Crippen molar-refractivity contribution >= 4 is 16.0 Å². The summed E-state index contributed by atoms with van der Waals surface area (Å²) >= 11 is 0. The van der Waals surface area contributed by atoms with Crippen LogP contribution in [0, 0.1) is 18.6 Å². The Labute approximate surface area is 173 Å². The summed E-state index contributed by atoms with van der Waals surface area (Å²) in [5.41, 5.74) is 0.429. The van der Waals surface area contributed by atoms with Crippen LogP contribution < -0.4 is 5.32 Å². The Morgan fingerprint density at radius 2 is 1.80 bits per heavy atom. The van der Waals surface area contributed by atoms with E-state index in [1.54, 1.807) is 6.92 Å². The third kappa shape index (κ3) is 6.30. The fraction of sp³-hybridized carbons (Fsp3) is 0.350. The van der Waals surface area contributed by atoms with Crippen LogP contribution in [0.4, 0.5) is 8.78 Å². The van der Waals surface area contributed by atoms with Gasteiger partial charge in [0, 0.05) is 12.5 Å². The Kier molecular flexibility index (Phi) is 7.64. The van der Waals surface area contributed by atoms with Crippen molar-refractivity contribution in [2.75, 3.05) is 0 Å². The minimum Gasteiger partial charge on any atom is -0.393 e. The van der Waals surface area contributed by atoms with Gasteiger partial charge in [0.1, 0.15) is 17.7 Å². The summed E-state index contributed by atoms with van der Waals surface area (Å²) in [7, 11) is -4.53. The van der Waals surface area contributed by atoms with Gasteiger partial charge >= 0.3 is 0 Å². The minimum atomic E-state index is -4.53. The van der Waals surface area contributed by atoms with Crippen LogP contribution in [0.25, 0.3) is 0 Å². The standard InChI is InChI=1S/C20H23F2NO6S/c1-11-3-6-19(30(27,28)29)13(7-11)8-15(25)10-18(23-12(2)24)20(26)16-9-14(21)4-5-17(16)22/h3-7,9,15,18,20,25-26H,8,10H2,1-2H3,(H,23,24)(H,27,28,29)/t15-,18-,20+/m0/s1. The van der Waals surface area contributed by atoms with Crippen LogP contribution in [0.1, 0.15) is 36.1 Å². The lowest BCUT2D eigenvalue weighted by Gasteiger charge is -2.27. The van der Waals surface area contributed by atoms with Crippen molar-refractivity contribution < 1.29 is 36.8 Å². The first-order valence-electron chi connectivity index (χ1n) is 9.03. The molecule has 30 heavy (non-hydrogen) atoms.